The van der Waals surface area contributed by atoms with E-state index in [2.05, 4.69) is 291 Å². The molecule has 0 saturated carbocycles. The van der Waals surface area contributed by atoms with Crippen LogP contribution in [0.1, 0.15) is 0 Å². The van der Waals surface area contributed by atoms with E-state index in [-0.39, 0.29) is 0 Å². The fourth-order valence-electron chi connectivity index (χ4n) is 15.9. The molecule has 532 valence electrons. The summed E-state index contributed by atoms with van der Waals surface area (Å²) in [7, 11) is 0. The Morgan fingerprint density at radius 1 is 0.158 bits per heavy atom. The van der Waals surface area contributed by atoms with E-state index >= 15 is 0 Å². The van der Waals surface area contributed by atoms with E-state index in [0.29, 0.717) is 34.9 Å². The molecule has 0 bridgehead atoms. The first-order valence-electron chi connectivity index (χ1n) is 38.1. The highest BCUT2D eigenvalue weighted by Gasteiger charge is 2.25. The molecule has 0 radical (unpaired) electrons. The third-order valence-corrected chi connectivity index (χ3v) is 21.5. The minimum absolute atomic E-state index is 0.589. The van der Waals surface area contributed by atoms with Crippen molar-refractivity contribution in [2.45, 2.75) is 0 Å². The molecule has 22 aromatic rings. The molecule has 0 atom stereocenters. The molecule has 0 aliphatic rings. The molecule has 0 N–H and O–H groups in total. The number of hydrogen-bond acceptors (Lipinski definition) is 10. The zero-order valence-corrected chi connectivity index (χ0v) is 61.3. The van der Waals surface area contributed by atoms with Crippen LogP contribution in [0.5, 0.6) is 0 Å². The molecule has 0 saturated heterocycles. The maximum absolute atomic E-state index is 6.80. The summed E-state index contributed by atoms with van der Waals surface area (Å²) < 4.78 is 13.5. The number of hydrogen-bond donors (Lipinski definition) is 0. The van der Waals surface area contributed by atoms with Gasteiger partial charge in [0.05, 0.1) is 44.0 Å². The molecule has 0 fully saturated rings. The van der Waals surface area contributed by atoms with E-state index in [1.54, 1.807) is 0 Å². The van der Waals surface area contributed by atoms with Crippen LogP contribution in [0.25, 0.3) is 223 Å². The predicted molar refractivity (Wildman–Crippen MR) is 465 cm³/mol. The van der Waals surface area contributed by atoms with E-state index in [1.807, 2.05) is 97.1 Å². The minimum Gasteiger partial charge on any atom is -0.455 e. The largest absolute Gasteiger partial charge is 0.455 e. The van der Waals surface area contributed by atoms with Crippen molar-refractivity contribution in [3.05, 3.63) is 388 Å². The lowest BCUT2D eigenvalue weighted by atomic mass is 9.93. The average molecular weight is 1460 g/mol. The van der Waals surface area contributed by atoms with Gasteiger partial charge < -0.3 is 8.83 Å². The molecule has 10 nitrogen and oxygen atoms in total. The zero-order valence-electron chi connectivity index (χ0n) is 61.3. The van der Waals surface area contributed by atoms with Crippen molar-refractivity contribution in [3.63, 3.8) is 0 Å². The SMILES string of the molecule is c1ccc(-c2ccc(-c3nc(-c4ccc(-c5ccccc5)cc4)nc(-c4ccc(-c5nc6cccc(-c7cccc8ccccc78)c6c6oc7ccccc7c56)cc4)n3)cc2)cc1.c1ccc(-c2nc(-c3ccccc3)nc(-c3ccc(-c4nc5cccc(-c6cccc7ccccc67)c5c5oc6ccccc6c45)cc3)n2)cc1. The van der Waals surface area contributed by atoms with Gasteiger partial charge in [-0.3, -0.25) is 0 Å². The number of pyridine rings is 2. The molecule has 0 aliphatic heterocycles. The van der Waals surface area contributed by atoms with Crippen LogP contribution in [0.4, 0.5) is 0 Å². The van der Waals surface area contributed by atoms with Crippen molar-refractivity contribution in [1.82, 2.24) is 39.9 Å². The molecule has 0 aliphatic carbocycles. The number of fused-ring (bicyclic) bond motifs is 12. The number of rotatable bonds is 12. The van der Waals surface area contributed by atoms with Gasteiger partial charge >= 0.3 is 0 Å². The summed E-state index contributed by atoms with van der Waals surface area (Å²) in [5.74, 6) is 3.68. The van der Waals surface area contributed by atoms with Crippen molar-refractivity contribution >= 4 is 87.2 Å². The highest BCUT2D eigenvalue weighted by Crippen LogP contribution is 2.47. The van der Waals surface area contributed by atoms with Gasteiger partial charge in [-0.1, -0.05) is 364 Å². The Kier molecular flexibility index (Phi) is 16.7. The van der Waals surface area contributed by atoms with Gasteiger partial charge in [0.15, 0.2) is 34.9 Å². The lowest BCUT2D eigenvalue weighted by Crippen LogP contribution is -2.00. The summed E-state index contributed by atoms with van der Waals surface area (Å²) in [5.41, 5.74) is 23.3. The second-order valence-electron chi connectivity index (χ2n) is 28.4. The summed E-state index contributed by atoms with van der Waals surface area (Å²) in [6.07, 6.45) is 0. The highest BCUT2D eigenvalue weighted by molar-refractivity contribution is 6.25. The number of para-hydroxylation sites is 2. The molecule has 0 amide bonds. The summed E-state index contributed by atoms with van der Waals surface area (Å²) in [6.45, 7) is 0. The molecular formula is C104H64N8O2. The van der Waals surface area contributed by atoms with Gasteiger partial charge in [-0.2, -0.15) is 0 Å². The highest BCUT2D eigenvalue weighted by atomic mass is 16.3. The van der Waals surface area contributed by atoms with Crippen LogP contribution in [0, 0.1) is 0 Å². The molecule has 16 aromatic carbocycles. The molecule has 0 spiro atoms. The monoisotopic (exact) mass is 1460 g/mol. The van der Waals surface area contributed by atoms with Crippen LogP contribution in [-0.4, -0.2) is 39.9 Å². The third-order valence-electron chi connectivity index (χ3n) is 21.5. The lowest BCUT2D eigenvalue weighted by molar-refractivity contribution is 0.672. The van der Waals surface area contributed by atoms with Gasteiger partial charge in [0.1, 0.15) is 22.3 Å². The molecule has 114 heavy (non-hydrogen) atoms. The van der Waals surface area contributed by atoms with Crippen LogP contribution >= 0.6 is 0 Å². The Hall–Kier alpha value is -15.5. The normalized spacial score (nSPS) is 11.5. The van der Waals surface area contributed by atoms with Crippen molar-refractivity contribution < 1.29 is 8.83 Å². The van der Waals surface area contributed by atoms with E-state index in [1.165, 1.54) is 21.5 Å². The van der Waals surface area contributed by atoms with E-state index in [4.69, 9.17) is 48.7 Å². The quantitative estimate of drug-likeness (QED) is 0.117. The van der Waals surface area contributed by atoms with Gasteiger partial charge in [0, 0.05) is 55.3 Å². The molecule has 6 heterocycles. The lowest BCUT2D eigenvalue weighted by Gasteiger charge is -2.13. The Morgan fingerprint density at radius 3 is 0.754 bits per heavy atom. The molecule has 10 heteroatoms. The van der Waals surface area contributed by atoms with Gasteiger partial charge in [0.2, 0.25) is 0 Å². The molecule has 6 aromatic heterocycles. The maximum Gasteiger partial charge on any atom is 0.164 e. The van der Waals surface area contributed by atoms with Crippen LogP contribution in [0.3, 0.4) is 0 Å². The van der Waals surface area contributed by atoms with Crippen molar-refractivity contribution in [3.8, 4) is 135 Å². The maximum atomic E-state index is 6.80. The van der Waals surface area contributed by atoms with E-state index in [9.17, 15) is 0 Å². The van der Waals surface area contributed by atoms with Gasteiger partial charge in [0.25, 0.3) is 0 Å². The average Bonchev–Trinajstić information content (AvgIpc) is 1.50. The first-order valence-corrected chi connectivity index (χ1v) is 38.1. The fourth-order valence-corrected chi connectivity index (χ4v) is 15.9. The van der Waals surface area contributed by atoms with E-state index in [0.717, 1.165) is 166 Å². The van der Waals surface area contributed by atoms with Crippen LogP contribution < -0.4 is 0 Å². The molecule has 0 unspecified atom stereocenters. The molecule has 22 rings (SSSR count). The number of furan rings is 2. The van der Waals surface area contributed by atoms with Gasteiger partial charge in [-0.25, -0.2) is 39.9 Å². The summed E-state index contributed by atoms with van der Waals surface area (Å²) in [5, 5.41) is 10.8. The Labute approximate surface area is 655 Å². The number of nitrogens with zero attached hydrogens (tertiary/aromatic N) is 8. The first-order chi connectivity index (χ1) is 56.5. The minimum atomic E-state index is 0.589. The Morgan fingerprint density at radius 2 is 0.404 bits per heavy atom. The Balaban J connectivity index is 0.000000146. The fraction of sp³-hybridized carbons (Fsp3) is 0. The topological polar surface area (TPSA) is 129 Å². The second kappa shape index (κ2) is 28.5. The third kappa shape index (κ3) is 12.2. The number of benzene rings is 16. The smallest absolute Gasteiger partial charge is 0.164 e. The molecular weight excluding hydrogens is 1390 g/mol. The Bertz CT molecular complexity index is 7250. The van der Waals surface area contributed by atoms with Crippen LogP contribution in [0.2, 0.25) is 0 Å². The van der Waals surface area contributed by atoms with Gasteiger partial charge in [-0.15, -0.1) is 0 Å². The summed E-state index contributed by atoms with van der Waals surface area (Å²) in [4.78, 5) is 40.8. The van der Waals surface area contributed by atoms with Crippen molar-refractivity contribution in [2.24, 2.45) is 0 Å². The van der Waals surface area contributed by atoms with Gasteiger partial charge in [-0.05, 0) is 90.3 Å². The zero-order chi connectivity index (χ0) is 75.4. The summed E-state index contributed by atoms with van der Waals surface area (Å²) >= 11 is 0. The number of aromatic nitrogens is 8. The van der Waals surface area contributed by atoms with Crippen LogP contribution in [-0.2, 0) is 0 Å². The standard InChI is InChI=1S/C58H36N4O.C46H28N4O/c1-3-13-37(14-4-1)39-25-31-43(32-26-39)56-60-57(44-33-27-40(28-34-44)38-15-5-2-6-16-38)62-58(61-56)45-35-29-42(30-36-45)54-53-49-20-9-10-24-51(49)63-55(53)52-48(22-12-23-50(52)59-54)47-21-11-18-41-17-7-8-19-46(41)47;1-3-14-31(15-4-1)44-48-45(32-16-5-2-6-17-32)50-46(49-44)33-27-25-30(26-28-33)42-41-37-20-9-10-24-39(37)51-43(41)40-36(22-12-23-38(40)47-42)35-21-11-18-29-13-7-8-19-34(29)35/h1-36H;1-28H. The predicted octanol–water partition coefficient (Wildman–Crippen LogP) is 26.9. The van der Waals surface area contributed by atoms with Crippen molar-refractivity contribution in [2.75, 3.05) is 0 Å². The van der Waals surface area contributed by atoms with Crippen molar-refractivity contribution in [1.29, 1.82) is 0 Å². The van der Waals surface area contributed by atoms with Crippen LogP contribution in [0.15, 0.2) is 397 Å². The second-order valence-corrected chi connectivity index (χ2v) is 28.4. The summed E-state index contributed by atoms with van der Waals surface area (Å²) in [6, 6.07) is 134. The van der Waals surface area contributed by atoms with E-state index < -0.39 is 0 Å². The first kappa shape index (κ1) is 66.7.